The summed E-state index contributed by atoms with van der Waals surface area (Å²) in [7, 11) is 0. The molecule has 23 heavy (non-hydrogen) atoms. The van der Waals surface area contributed by atoms with Crippen LogP contribution in [-0.4, -0.2) is 0 Å². The van der Waals surface area contributed by atoms with Gasteiger partial charge in [0.15, 0.2) is 0 Å². The highest BCUT2D eigenvalue weighted by atomic mass is 79.9. The second-order valence-electron chi connectivity index (χ2n) is 5.45. The molecule has 0 aromatic heterocycles. The van der Waals surface area contributed by atoms with E-state index < -0.39 is 17.7 Å². The van der Waals surface area contributed by atoms with Crippen molar-refractivity contribution in [3.63, 3.8) is 0 Å². The van der Waals surface area contributed by atoms with E-state index in [2.05, 4.69) is 15.9 Å². The van der Waals surface area contributed by atoms with Crippen molar-refractivity contribution >= 4 is 27.5 Å². The van der Waals surface area contributed by atoms with Crippen LogP contribution in [-0.2, 0) is 12.6 Å². The van der Waals surface area contributed by atoms with Gasteiger partial charge in [0.25, 0.3) is 0 Å². The largest absolute Gasteiger partial charge is 0.416 e. The van der Waals surface area contributed by atoms with E-state index in [0.717, 1.165) is 11.6 Å². The first-order valence-corrected chi connectivity index (χ1v) is 8.09. The minimum atomic E-state index is -4.47. The average molecular weight is 410 g/mol. The van der Waals surface area contributed by atoms with Gasteiger partial charge in [-0.2, -0.15) is 13.2 Å². The van der Waals surface area contributed by atoms with Gasteiger partial charge in [0.1, 0.15) is 5.82 Å². The smallest absolute Gasteiger partial charge is 0.207 e. The van der Waals surface area contributed by atoms with E-state index in [1.807, 2.05) is 0 Å². The maximum atomic E-state index is 13.5. The quantitative estimate of drug-likeness (QED) is 0.483. The Kier molecular flexibility index (Phi) is 5.41. The predicted octanol–water partition coefficient (Wildman–Crippen LogP) is 6.92. The molecule has 0 radical (unpaired) electrons. The summed E-state index contributed by atoms with van der Waals surface area (Å²) in [5.74, 6) is -0.830. The van der Waals surface area contributed by atoms with E-state index in [4.69, 9.17) is 11.6 Å². The van der Waals surface area contributed by atoms with Crippen LogP contribution in [0.2, 0.25) is 5.02 Å². The molecule has 6 heteroatoms. The van der Waals surface area contributed by atoms with Gasteiger partial charge < -0.3 is 0 Å². The Morgan fingerprint density at radius 2 is 1.83 bits per heavy atom. The van der Waals surface area contributed by atoms with Gasteiger partial charge in [-0.3, -0.25) is 0 Å². The highest BCUT2D eigenvalue weighted by molar-refractivity contribution is 9.10. The molecule has 0 fully saturated rings. The topological polar surface area (TPSA) is 0 Å². The highest BCUT2D eigenvalue weighted by Gasteiger charge is 2.35. The van der Waals surface area contributed by atoms with Crippen molar-refractivity contribution < 1.29 is 17.6 Å². The lowest BCUT2D eigenvalue weighted by Gasteiger charge is -2.21. The van der Waals surface area contributed by atoms with E-state index in [1.165, 1.54) is 18.2 Å². The summed E-state index contributed by atoms with van der Waals surface area (Å²) < 4.78 is 53.7. The second kappa shape index (κ2) is 6.81. The van der Waals surface area contributed by atoms with E-state index in [1.54, 1.807) is 19.9 Å². The second-order valence-corrected chi connectivity index (χ2v) is 6.65. The number of rotatable bonds is 3. The maximum Gasteiger partial charge on any atom is 0.416 e. The summed E-state index contributed by atoms with van der Waals surface area (Å²) in [6.07, 6.45) is -4.15. The maximum absolute atomic E-state index is 13.5. The number of hydrogen-bond donors (Lipinski definition) is 0. The summed E-state index contributed by atoms with van der Waals surface area (Å²) in [4.78, 5) is 0. The van der Waals surface area contributed by atoms with Crippen LogP contribution in [0.4, 0.5) is 17.6 Å². The molecule has 0 aliphatic heterocycles. The molecule has 0 amide bonds. The fourth-order valence-electron chi connectivity index (χ4n) is 2.59. The Morgan fingerprint density at radius 3 is 2.43 bits per heavy atom. The van der Waals surface area contributed by atoms with Crippen LogP contribution in [0.15, 0.2) is 34.8 Å². The third kappa shape index (κ3) is 3.89. The van der Waals surface area contributed by atoms with Gasteiger partial charge >= 0.3 is 6.18 Å². The van der Waals surface area contributed by atoms with Crippen molar-refractivity contribution in [3.05, 3.63) is 67.9 Å². The van der Waals surface area contributed by atoms with Crippen LogP contribution in [0.3, 0.4) is 0 Å². The van der Waals surface area contributed by atoms with Crippen molar-refractivity contribution in [1.29, 1.82) is 0 Å². The Bertz CT molecular complexity index is 725. The normalized spacial score (nSPS) is 13.2. The van der Waals surface area contributed by atoms with Crippen molar-refractivity contribution in [1.82, 2.24) is 0 Å². The first-order valence-electron chi connectivity index (χ1n) is 6.92. The van der Waals surface area contributed by atoms with E-state index >= 15 is 0 Å². The van der Waals surface area contributed by atoms with Crippen molar-refractivity contribution in [3.8, 4) is 0 Å². The summed E-state index contributed by atoms with van der Waals surface area (Å²) in [6, 6.07) is 6.67. The van der Waals surface area contributed by atoms with Crippen LogP contribution < -0.4 is 0 Å². The molecule has 1 atom stereocenters. The Labute approximate surface area is 145 Å². The van der Waals surface area contributed by atoms with E-state index in [9.17, 15) is 17.6 Å². The summed E-state index contributed by atoms with van der Waals surface area (Å²) in [5, 5.41) is 0.0854. The molecule has 0 aliphatic rings. The van der Waals surface area contributed by atoms with Crippen LogP contribution in [0.25, 0.3) is 0 Å². The molecule has 0 saturated carbocycles. The van der Waals surface area contributed by atoms with Gasteiger partial charge in [-0.05, 0) is 54.2 Å². The molecule has 0 aliphatic carbocycles. The van der Waals surface area contributed by atoms with Crippen molar-refractivity contribution in [2.45, 2.75) is 32.4 Å². The SMILES string of the molecule is Cc1c(F)ccc(CC(C)c2c(Cl)cccc2C(F)(F)F)c1Br. The molecular weight excluding hydrogens is 396 g/mol. The standard InChI is InChI=1S/C17H14BrClF4/c1-9(8-11-6-7-14(20)10(2)16(11)18)15-12(17(21,22)23)4-3-5-13(15)19/h3-7,9H,8H2,1-2H3. The van der Waals surface area contributed by atoms with Crippen molar-refractivity contribution in [2.24, 2.45) is 0 Å². The molecule has 1 unspecified atom stereocenters. The minimum Gasteiger partial charge on any atom is -0.207 e. The third-order valence-corrected chi connectivity index (χ3v) is 5.21. The number of alkyl halides is 3. The lowest BCUT2D eigenvalue weighted by Crippen LogP contribution is -2.13. The average Bonchev–Trinajstić information content (AvgIpc) is 2.46. The summed E-state index contributed by atoms with van der Waals surface area (Å²) in [6.45, 7) is 3.30. The van der Waals surface area contributed by atoms with Gasteiger partial charge in [-0.1, -0.05) is 46.6 Å². The summed E-state index contributed by atoms with van der Waals surface area (Å²) in [5.41, 5.74) is 0.511. The molecule has 2 aromatic carbocycles. The van der Waals surface area contributed by atoms with Crippen LogP contribution in [0.5, 0.6) is 0 Å². The molecule has 0 bridgehead atoms. The van der Waals surface area contributed by atoms with Gasteiger partial charge in [-0.25, -0.2) is 4.39 Å². The Morgan fingerprint density at radius 1 is 1.17 bits per heavy atom. The predicted molar refractivity (Wildman–Crippen MR) is 87.4 cm³/mol. The zero-order valence-corrected chi connectivity index (χ0v) is 14.8. The molecule has 0 heterocycles. The number of benzene rings is 2. The monoisotopic (exact) mass is 408 g/mol. The van der Waals surface area contributed by atoms with Gasteiger partial charge in [-0.15, -0.1) is 0 Å². The minimum absolute atomic E-state index is 0.0653. The molecule has 0 N–H and O–H groups in total. The van der Waals surface area contributed by atoms with Gasteiger partial charge in [0, 0.05) is 9.50 Å². The van der Waals surface area contributed by atoms with E-state index in [0.29, 0.717) is 16.5 Å². The molecule has 0 nitrogen and oxygen atoms in total. The number of halogens is 6. The fourth-order valence-corrected chi connectivity index (χ4v) is 3.44. The number of hydrogen-bond acceptors (Lipinski definition) is 0. The third-order valence-electron chi connectivity index (χ3n) is 3.78. The van der Waals surface area contributed by atoms with Crippen molar-refractivity contribution in [2.75, 3.05) is 0 Å². The molecule has 124 valence electrons. The van der Waals surface area contributed by atoms with Gasteiger partial charge in [0.2, 0.25) is 0 Å². The molecule has 0 saturated heterocycles. The Balaban J connectivity index is 2.43. The highest BCUT2D eigenvalue weighted by Crippen LogP contribution is 2.40. The van der Waals surface area contributed by atoms with Crippen LogP contribution in [0, 0.1) is 12.7 Å². The fraction of sp³-hybridized carbons (Fsp3) is 0.294. The Hall–Kier alpha value is -1.07. The molecule has 0 spiro atoms. The van der Waals surface area contributed by atoms with E-state index in [-0.39, 0.29) is 16.4 Å². The first kappa shape index (κ1) is 18.3. The molecule has 2 rings (SSSR count). The molecular formula is C17H14BrClF4. The zero-order chi connectivity index (χ0) is 17.4. The first-order chi connectivity index (χ1) is 10.6. The lowest BCUT2D eigenvalue weighted by molar-refractivity contribution is -0.138. The van der Waals surface area contributed by atoms with Crippen LogP contribution >= 0.6 is 27.5 Å². The van der Waals surface area contributed by atoms with Crippen LogP contribution in [0.1, 0.15) is 35.1 Å². The zero-order valence-electron chi connectivity index (χ0n) is 12.4. The lowest BCUT2D eigenvalue weighted by atomic mass is 9.89. The summed E-state index contributed by atoms with van der Waals surface area (Å²) >= 11 is 9.33. The van der Waals surface area contributed by atoms with Gasteiger partial charge in [0.05, 0.1) is 5.56 Å². The molecule has 2 aromatic rings.